The largest absolute Gasteiger partial charge is 0.326 e. The third-order valence-electron chi connectivity index (χ3n) is 3.03. The highest BCUT2D eigenvalue weighted by atomic mass is 16.2. The molecule has 0 bridgehead atoms. The second-order valence-electron chi connectivity index (χ2n) is 4.80. The lowest BCUT2D eigenvalue weighted by Gasteiger charge is -2.07. The van der Waals surface area contributed by atoms with E-state index < -0.39 is 0 Å². The third-order valence-corrected chi connectivity index (χ3v) is 3.03. The molecule has 2 aromatic carbocycles. The summed E-state index contributed by atoms with van der Waals surface area (Å²) in [5.41, 5.74) is 3.09. The number of hydrogen-bond acceptors (Lipinski definition) is 2. The van der Waals surface area contributed by atoms with Gasteiger partial charge in [0.1, 0.15) is 0 Å². The van der Waals surface area contributed by atoms with Gasteiger partial charge in [-0.25, -0.2) is 0 Å². The topological polar surface area (TPSA) is 58.2 Å². The molecule has 0 aromatic heterocycles. The van der Waals surface area contributed by atoms with Gasteiger partial charge in [0.2, 0.25) is 5.91 Å². The maximum absolute atomic E-state index is 12.1. The van der Waals surface area contributed by atoms with Crippen molar-refractivity contribution in [3.8, 4) is 0 Å². The summed E-state index contributed by atoms with van der Waals surface area (Å²) < 4.78 is 0. The minimum Gasteiger partial charge on any atom is -0.326 e. The summed E-state index contributed by atoms with van der Waals surface area (Å²) >= 11 is 0. The van der Waals surface area contributed by atoms with Crippen LogP contribution in [0.15, 0.2) is 48.5 Å². The molecule has 4 nitrogen and oxygen atoms in total. The third kappa shape index (κ3) is 4.18. The summed E-state index contributed by atoms with van der Waals surface area (Å²) in [7, 11) is 0. The number of hydrogen-bond donors (Lipinski definition) is 2. The Bertz CT molecular complexity index is 648. The molecule has 0 spiro atoms. The van der Waals surface area contributed by atoms with E-state index >= 15 is 0 Å². The second kappa shape index (κ2) is 6.70. The van der Waals surface area contributed by atoms with E-state index in [0.717, 1.165) is 11.3 Å². The Morgan fingerprint density at radius 2 is 1.67 bits per heavy atom. The molecule has 2 N–H and O–H groups in total. The van der Waals surface area contributed by atoms with Gasteiger partial charge in [-0.05, 0) is 48.9 Å². The van der Waals surface area contributed by atoms with Crippen molar-refractivity contribution in [2.75, 3.05) is 10.6 Å². The van der Waals surface area contributed by atoms with Crippen LogP contribution in [0.1, 0.15) is 29.3 Å². The van der Waals surface area contributed by atoms with Crippen LogP contribution in [0.5, 0.6) is 0 Å². The van der Waals surface area contributed by atoms with E-state index in [1.807, 2.05) is 31.2 Å². The fourth-order valence-electron chi connectivity index (χ4n) is 1.88. The number of carbonyl (C=O) groups is 2. The molecule has 2 amide bonds. The minimum atomic E-state index is -0.172. The van der Waals surface area contributed by atoms with E-state index in [1.54, 1.807) is 31.2 Å². The van der Waals surface area contributed by atoms with Crippen molar-refractivity contribution in [2.24, 2.45) is 0 Å². The lowest BCUT2D eigenvalue weighted by atomic mass is 10.1. The minimum absolute atomic E-state index is 0.0491. The Kier molecular flexibility index (Phi) is 4.72. The fourth-order valence-corrected chi connectivity index (χ4v) is 1.88. The van der Waals surface area contributed by atoms with E-state index in [9.17, 15) is 9.59 Å². The van der Waals surface area contributed by atoms with Crippen LogP contribution in [0.4, 0.5) is 11.4 Å². The van der Waals surface area contributed by atoms with E-state index in [0.29, 0.717) is 17.7 Å². The zero-order valence-electron chi connectivity index (χ0n) is 12.1. The van der Waals surface area contributed by atoms with Gasteiger partial charge in [0, 0.05) is 23.4 Å². The van der Waals surface area contributed by atoms with Crippen LogP contribution in [-0.2, 0) is 4.79 Å². The Labute approximate surface area is 124 Å². The molecule has 0 unspecified atom stereocenters. The van der Waals surface area contributed by atoms with Crippen LogP contribution < -0.4 is 10.6 Å². The molecular weight excluding hydrogens is 264 g/mol. The van der Waals surface area contributed by atoms with Gasteiger partial charge in [-0.3, -0.25) is 9.59 Å². The Morgan fingerprint density at radius 1 is 0.952 bits per heavy atom. The quantitative estimate of drug-likeness (QED) is 0.900. The van der Waals surface area contributed by atoms with E-state index in [-0.39, 0.29) is 11.8 Å². The van der Waals surface area contributed by atoms with Gasteiger partial charge in [0.25, 0.3) is 5.91 Å². The number of anilines is 2. The highest BCUT2D eigenvalue weighted by molar-refractivity contribution is 6.04. The Hall–Kier alpha value is -2.62. The zero-order chi connectivity index (χ0) is 15.2. The van der Waals surface area contributed by atoms with Gasteiger partial charge in [-0.15, -0.1) is 0 Å². The first-order valence-electron chi connectivity index (χ1n) is 6.86. The molecule has 2 rings (SSSR count). The lowest BCUT2D eigenvalue weighted by molar-refractivity contribution is -0.115. The molecule has 0 aliphatic rings. The number of carbonyl (C=O) groups excluding carboxylic acids is 2. The highest BCUT2D eigenvalue weighted by Gasteiger charge is 2.06. The first-order chi connectivity index (χ1) is 10.1. The van der Waals surface area contributed by atoms with E-state index in [2.05, 4.69) is 10.6 Å². The maximum atomic E-state index is 12.1. The standard InChI is InChI=1S/C17H18N2O2/c1-3-16(20)18-14-9-7-13(8-10-14)17(21)19-15-6-4-5-12(2)11-15/h4-11H,3H2,1-2H3,(H,18,20)(H,19,21). The average molecular weight is 282 g/mol. The Balaban J connectivity index is 2.04. The highest BCUT2D eigenvalue weighted by Crippen LogP contribution is 2.14. The fraction of sp³-hybridized carbons (Fsp3) is 0.176. The monoisotopic (exact) mass is 282 g/mol. The van der Waals surface area contributed by atoms with Gasteiger partial charge in [-0.2, -0.15) is 0 Å². The van der Waals surface area contributed by atoms with Crippen molar-refractivity contribution in [1.29, 1.82) is 0 Å². The van der Waals surface area contributed by atoms with Crippen molar-refractivity contribution in [3.05, 3.63) is 59.7 Å². The molecule has 108 valence electrons. The average Bonchev–Trinajstić information content (AvgIpc) is 2.47. The first kappa shape index (κ1) is 14.8. The van der Waals surface area contributed by atoms with Crippen molar-refractivity contribution >= 4 is 23.2 Å². The molecule has 0 saturated carbocycles. The summed E-state index contributed by atoms with van der Waals surface area (Å²) in [5, 5.41) is 5.59. The van der Waals surface area contributed by atoms with Crippen LogP contribution in [0.3, 0.4) is 0 Å². The molecule has 2 aromatic rings. The molecule has 0 atom stereocenters. The van der Waals surface area contributed by atoms with Gasteiger partial charge in [0.05, 0.1) is 0 Å². The van der Waals surface area contributed by atoms with Crippen molar-refractivity contribution in [3.63, 3.8) is 0 Å². The lowest BCUT2D eigenvalue weighted by Crippen LogP contribution is -2.13. The molecule has 0 heterocycles. The number of nitrogens with one attached hydrogen (secondary N) is 2. The van der Waals surface area contributed by atoms with Crippen LogP contribution in [0.2, 0.25) is 0 Å². The molecule has 4 heteroatoms. The number of aryl methyl sites for hydroxylation is 1. The van der Waals surface area contributed by atoms with Crippen LogP contribution in [0.25, 0.3) is 0 Å². The maximum Gasteiger partial charge on any atom is 0.255 e. The van der Waals surface area contributed by atoms with Crippen LogP contribution >= 0.6 is 0 Å². The summed E-state index contributed by atoms with van der Waals surface area (Å²) in [6, 6.07) is 14.5. The van der Waals surface area contributed by atoms with Gasteiger partial charge >= 0.3 is 0 Å². The molecule has 0 saturated heterocycles. The molecule has 0 aliphatic carbocycles. The number of benzene rings is 2. The van der Waals surface area contributed by atoms with Crippen molar-refractivity contribution in [1.82, 2.24) is 0 Å². The predicted octanol–water partition coefficient (Wildman–Crippen LogP) is 3.60. The summed E-state index contributed by atoms with van der Waals surface area (Å²) in [6.45, 7) is 3.76. The summed E-state index contributed by atoms with van der Waals surface area (Å²) in [6.07, 6.45) is 0.426. The van der Waals surface area contributed by atoms with Crippen molar-refractivity contribution in [2.45, 2.75) is 20.3 Å². The zero-order valence-corrected chi connectivity index (χ0v) is 12.1. The predicted molar refractivity (Wildman–Crippen MR) is 84.5 cm³/mol. The van der Waals surface area contributed by atoms with Crippen LogP contribution in [0, 0.1) is 6.92 Å². The summed E-state index contributed by atoms with van der Waals surface area (Å²) in [5.74, 6) is -0.221. The smallest absolute Gasteiger partial charge is 0.255 e. The Morgan fingerprint density at radius 3 is 2.29 bits per heavy atom. The van der Waals surface area contributed by atoms with Crippen molar-refractivity contribution < 1.29 is 9.59 Å². The molecule has 21 heavy (non-hydrogen) atoms. The molecular formula is C17H18N2O2. The van der Waals surface area contributed by atoms with Crippen LogP contribution in [-0.4, -0.2) is 11.8 Å². The second-order valence-corrected chi connectivity index (χ2v) is 4.80. The first-order valence-corrected chi connectivity index (χ1v) is 6.86. The molecule has 0 fully saturated rings. The van der Waals surface area contributed by atoms with Gasteiger partial charge in [0.15, 0.2) is 0 Å². The molecule has 0 aliphatic heterocycles. The normalized spacial score (nSPS) is 10.0. The van der Waals surface area contributed by atoms with E-state index in [4.69, 9.17) is 0 Å². The summed E-state index contributed by atoms with van der Waals surface area (Å²) in [4.78, 5) is 23.4. The molecule has 0 radical (unpaired) electrons. The van der Waals surface area contributed by atoms with Gasteiger partial charge in [-0.1, -0.05) is 19.1 Å². The SMILES string of the molecule is CCC(=O)Nc1ccc(C(=O)Nc2cccc(C)c2)cc1. The number of rotatable bonds is 4. The van der Waals surface area contributed by atoms with E-state index in [1.165, 1.54) is 0 Å². The number of amides is 2. The van der Waals surface area contributed by atoms with Gasteiger partial charge < -0.3 is 10.6 Å².